The Bertz CT molecular complexity index is 449. The van der Waals surface area contributed by atoms with Crippen LogP contribution in [0.1, 0.15) is 38.8 Å². The van der Waals surface area contributed by atoms with Crippen molar-refractivity contribution in [2.45, 2.75) is 46.7 Å². The lowest BCUT2D eigenvalue weighted by molar-refractivity contribution is 0.182. The Morgan fingerprint density at radius 2 is 1.95 bits per heavy atom. The lowest BCUT2D eigenvalue weighted by Crippen LogP contribution is -2.40. The molecule has 0 spiro atoms. The van der Waals surface area contributed by atoms with Crippen LogP contribution in [0.15, 0.2) is 12.3 Å². The molecule has 0 aliphatic carbocycles. The Labute approximate surface area is 127 Å². The van der Waals surface area contributed by atoms with Crippen molar-refractivity contribution in [3.8, 4) is 0 Å². The third kappa shape index (κ3) is 4.42. The summed E-state index contributed by atoms with van der Waals surface area (Å²) in [5.41, 5.74) is 7.69. The molecule has 0 aliphatic heterocycles. The summed E-state index contributed by atoms with van der Waals surface area (Å²) < 4.78 is 0. The second-order valence-corrected chi connectivity index (χ2v) is 6.01. The summed E-state index contributed by atoms with van der Waals surface area (Å²) in [6.45, 7) is 12.6. The summed E-state index contributed by atoms with van der Waals surface area (Å²) in [5, 5.41) is 3.36. The van der Waals surface area contributed by atoms with Gasteiger partial charge in [-0.2, -0.15) is 0 Å². The number of thiocarbonyl (C=S) groups is 1. The van der Waals surface area contributed by atoms with Gasteiger partial charge in [-0.1, -0.05) is 12.2 Å². The molecule has 0 aromatic carbocycles. The number of nitrogens with zero attached hydrogens (tertiary/aromatic N) is 2. The molecule has 0 unspecified atom stereocenters. The SMILES string of the molecule is Cc1ccnc(NCCN(C(C)C)C(C)C)c1C(N)=S. The number of pyridine rings is 1. The maximum Gasteiger partial charge on any atom is 0.136 e. The third-order valence-corrected chi connectivity index (χ3v) is 3.60. The van der Waals surface area contributed by atoms with Crippen LogP contribution in [0, 0.1) is 6.92 Å². The van der Waals surface area contributed by atoms with E-state index in [1.54, 1.807) is 6.20 Å². The molecule has 3 N–H and O–H groups in total. The van der Waals surface area contributed by atoms with Gasteiger partial charge >= 0.3 is 0 Å². The molecule has 0 atom stereocenters. The van der Waals surface area contributed by atoms with Crippen molar-refractivity contribution in [3.05, 3.63) is 23.4 Å². The molecule has 0 saturated carbocycles. The summed E-state index contributed by atoms with van der Waals surface area (Å²) in [6, 6.07) is 2.98. The van der Waals surface area contributed by atoms with Crippen molar-refractivity contribution in [1.82, 2.24) is 9.88 Å². The quantitative estimate of drug-likeness (QED) is 0.757. The summed E-state index contributed by atoms with van der Waals surface area (Å²) >= 11 is 5.11. The Kier molecular flexibility index (Phi) is 6.36. The highest BCUT2D eigenvalue weighted by Gasteiger charge is 2.14. The number of aryl methyl sites for hydroxylation is 1. The number of hydrogen-bond acceptors (Lipinski definition) is 4. The van der Waals surface area contributed by atoms with Gasteiger partial charge in [0, 0.05) is 31.4 Å². The molecule has 0 bridgehead atoms. The standard InChI is InChI=1S/C15H26N4S/c1-10(2)19(11(3)4)9-8-18-15-13(14(16)20)12(5)6-7-17-15/h6-7,10-11H,8-9H2,1-5H3,(H2,16,20)(H,17,18). The van der Waals surface area contributed by atoms with Crippen molar-refractivity contribution in [1.29, 1.82) is 0 Å². The van der Waals surface area contributed by atoms with Gasteiger partial charge in [-0.05, 0) is 46.2 Å². The topological polar surface area (TPSA) is 54.2 Å². The van der Waals surface area contributed by atoms with E-state index in [-0.39, 0.29) is 0 Å². The zero-order valence-corrected chi connectivity index (χ0v) is 13.9. The monoisotopic (exact) mass is 294 g/mol. The largest absolute Gasteiger partial charge is 0.389 e. The molecule has 1 aromatic heterocycles. The molecule has 1 rings (SSSR count). The number of nitrogens with one attached hydrogen (secondary N) is 1. The van der Waals surface area contributed by atoms with E-state index in [1.165, 1.54) is 0 Å². The van der Waals surface area contributed by atoms with Crippen LogP contribution in [0.5, 0.6) is 0 Å². The predicted octanol–water partition coefficient (Wildman–Crippen LogP) is 2.55. The van der Waals surface area contributed by atoms with Crippen molar-refractivity contribution in [2.75, 3.05) is 18.4 Å². The number of anilines is 1. The highest BCUT2D eigenvalue weighted by atomic mass is 32.1. The Hall–Kier alpha value is -1.20. The molecule has 5 heteroatoms. The summed E-state index contributed by atoms with van der Waals surface area (Å²) in [4.78, 5) is 7.18. The summed E-state index contributed by atoms with van der Waals surface area (Å²) in [6.07, 6.45) is 1.78. The second-order valence-electron chi connectivity index (χ2n) is 5.57. The molecule has 112 valence electrons. The van der Waals surface area contributed by atoms with Crippen LogP contribution in [0.2, 0.25) is 0 Å². The highest BCUT2D eigenvalue weighted by molar-refractivity contribution is 7.80. The minimum Gasteiger partial charge on any atom is -0.389 e. The van der Waals surface area contributed by atoms with Crippen molar-refractivity contribution in [3.63, 3.8) is 0 Å². The van der Waals surface area contributed by atoms with Crippen LogP contribution < -0.4 is 11.1 Å². The minimum atomic E-state index is 0.391. The molecule has 0 saturated heterocycles. The molecule has 1 heterocycles. The first-order valence-electron chi connectivity index (χ1n) is 7.09. The normalized spacial score (nSPS) is 11.4. The van der Waals surface area contributed by atoms with E-state index >= 15 is 0 Å². The van der Waals surface area contributed by atoms with Gasteiger partial charge in [0.1, 0.15) is 10.8 Å². The zero-order valence-electron chi connectivity index (χ0n) is 13.1. The maximum atomic E-state index is 5.78. The minimum absolute atomic E-state index is 0.391. The van der Waals surface area contributed by atoms with Crippen molar-refractivity contribution in [2.24, 2.45) is 5.73 Å². The highest BCUT2D eigenvalue weighted by Crippen LogP contribution is 2.16. The van der Waals surface area contributed by atoms with Gasteiger partial charge < -0.3 is 11.1 Å². The predicted molar refractivity (Wildman–Crippen MR) is 90.3 cm³/mol. The fourth-order valence-corrected chi connectivity index (χ4v) is 2.68. The third-order valence-electron chi connectivity index (χ3n) is 3.39. The molecule has 20 heavy (non-hydrogen) atoms. The van der Waals surface area contributed by atoms with E-state index in [9.17, 15) is 0 Å². The molecular weight excluding hydrogens is 268 g/mol. The van der Waals surface area contributed by atoms with Crippen LogP contribution >= 0.6 is 12.2 Å². The van der Waals surface area contributed by atoms with Gasteiger partial charge in [0.25, 0.3) is 0 Å². The lowest BCUT2D eigenvalue weighted by Gasteiger charge is -2.30. The van der Waals surface area contributed by atoms with Gasteiger partial charge in [-0.3, -0.25) is 4.90 Å². The molecule has 4 nitrogen and oxygen atoms in total. The van der Waals surface area contributed by atoms with Crippen LogP contribution in [0.4, 0.5) is 5.82 Å². The van der Waals surface area contributed by atoms with E-state index in [4.69, 9.17) is 18.0 Å². The van der Waals surface area contributed by atoms with Crippen molar-refractivity contribution < 1.29 is 0 Å². The van der Waals surface area contributed by atoms with Crippen molar-refractivity contribution >= 4 is 23.0 Å². The van der Waals surface area contributed by atoms with E-state index in [2.05, 4.69) is 42.9 Å². The summed E-state index contributed by atoms with van der Waals surface area (Å²) in [5.74, 6) is 0.782. The van der Waals surface area contributed by atoms with E-state index in [1.807, 2.05) is 13.0 Å². The fraction of sp³-hybridized carbons (Fsp3) is 0.600. The van der Waals surface area contributed by atoms with Gasteiger partial charge in [0.05, 0.1) is 5.56 Å². The average Bonchev–Trinajstić information content (AvgIpc) is 2.33. The molecule has 0 fully saturated rings. The fourth-order valence-electron chi connectivity index (χ4n) is 2.42. The van der Waals surface area contributed by atoms with Gasteiger partial charge in [0.15, 0.2) is 0 Å². The summed E-state index contributed by atoms with van der Waals surface area (Å²) in [7, 11) is 0. The first kappa shape index (κ1) is 16.9. The maximum absolute atomic E-state index is 5.78. The smallest absolute Gasteiger partial charge is 0.136 e. The second kappa shape index (κ2) is 7.55. The first-order chi connectivity index (χ1) is 9.34. The number of nitrogens with two attached hydrogens (primary N) is 1. The lowest BCUT2D eigenvalue weighted by atomic mass is 10.1. The Morgan fingerprint density at radius 1 is 1.35 bits per heavy atom. The van der Waals surface area contributed by atoms with Gasteiger partial charge in [0.2, 0.25) is 0 Å². The van der Waals surface area contributed by atoms with Crippen LogP contribution in [-0.4, -0.2) is 40.0 Å². The zero-order chi connectivity index (χ0) is 15.3. The van der Waals surface area contributed by atoms with Crippen LogP contribution in [-0.2, 0) is 0 Å². The number of aromatic nitrogens is 1. The Morgan fingerprint density at radius 3 is 2.45 bits per heavy atom. The van der Waals surface area contributed by atoms with Gasteiger partial charge in [-0.25, -0.2) is 4.98 Å². The molecule has 1 aromatic rings. The average molecular weight is 294 g/mol. The van der Waals surface area contributed by atoms with Crippen LogP contribution in [0.3, 0.4) is 0 Å². The first-order valence-corrected chi connectivity index (χ1v) is 7.50. The molecular formula is C15H26N4S. The molecule has 0 radical (unpaired) electrons. The molecule has 0 amide bonds. The van der Waals surface area contributed by atoms with Crippen LogP contribution in [0.25, 0.3) is 0 Å². The van der Waals surface area contributed by atoms with Gasteiger partial charge in [-0.15, -0.1) is 0 Å². The van der Waals surface area contributed by atoms with E-state index in [0.717, 1.165) is 30.0 Å². The number of rotatable bonds is 7. The Balaban J connectivity index is 2.71. The van der Waals surface area contributed by atoms with E-state index in [0.29, 0.717) is 17.1 Å². The number of hydrogen-bond donors (Lipinski definition) is 2. The molecule has 0 aliphatic rings. The van der Waals surface area contributed by atoms with E-state index < -0.39 is 0 Å².